The Hall–Kier alpha value is -8.84. The Morgan fingerprint density at radius 3 is 0.850 bits per heavy atom. The van der Waals surface area contributed by atoms with Gasteiger partial charge in [-0.05, 0) is 203 Å². The first-order valence-corrected chi connectivity index (χ1v) is 40.5. The SMILES string of the molecule is CCCCCOc1ccc(C#Cc2ccc(C#Cc3ccc(OCCCCC)c(F)c3)c(CCCCCCCCCCCOC(=O)[C@@H]3C4C=CC(C4)[C@H]3C(=O)OCCCCCCCCCCCc3cc(C#Cc4ccc(OCCCCC)c(F)c4)ccc3C#Cc3ccc(OCCCCC)c(F)c3)c2)cc1F. The van der Waals surface area contributed by atoms with Crippen molar-refractivity contribution in [3.05, 3.63) is 200 Å². The summed E-state index contributed by atoms with van der Waals surface area (Å²) in [4.78, 5) is 27.1. The number of rotatable bonds is 46. The number of allylic oxidation sites excluding steroid dienone is 2. The van der Waals surface area contributed by atoms with Gasteiger partial charge >= 0.3 is 11.9 Å². The van der Waals surface area contributed by atoms with E-state index in [9.17, 15) is 18.4 Å². The highest BCUT2D eigenvalue weighted by molar-refractivity contribution is 5.84. The zero-order chi connectivity index (χ0) is 75.5. The first-order valence-electron chi connectivity index (χ1n) is 40.5. The zero-order valence-electron chi connectivity index (χ0n) is 64.2. The molecular formula is C95H114F4O8. The molecule has 6 aromatic carbocycles. The summed E-state index contributed by atoms with van der Waals surface area (Å²) in [5.41, 5.74) is 7.75. The van der Waals surface area contributed by atoms with Gasteiger partial charge in [0.15, 0.2) is 46.3 Å². The molecular weight excluding hydrogens is 1350 g/mol. The number of halogens is 4. The zero-order valence-corrected chi connectivity index (χ0v) is 64.2. The fourth-order valence-electron chi connectivity index (χ4n) is 13.8. The van der Waals surface area contributed by atoms with Gasteiger partial charge in [-0.15, -0.1) is 0 Å². The van der Waals surface area contributed by atoms with E-state index in [2.05, 4.69) is 99.3 Å². The smallest absolute Gasteiger partial charge is 0.310 e. The molecule has 0 aromatic heterocycles. The van der Waals surface area contributed by atoms with Gasteiger partial charge in [0.05, 0.1) is 51.5 Å². The minimum Gasteiger partial charge on any atom is -0.491 e. The van der Waals surface area contributed by atoms with Gasteiger partial charge in [-0.1, -0.05) is 228 Å². The minimum atomic E-state index is -0.490. The summed E-state index contributed by atoms with van der Waals surface area (Å²) in [6, 6.07) is 31.4. The van der Waals surface area contributed by atoms with Crippen molar-refractivity contribution in [3.8, 4) is 70.4 Å². The van der Waals surface area contributed by atoms with Gasteiger partial charge in [-0.3, -0.25) is 9.59 Å². The number of hydrogen-bond acceptors (Lipinski definition) is 8. The van der Waals surface area contributed by atoms with Crippen LogP contribution in [-0.4, -0.2) is 51.6 Å². The maximum absolute atomic E-state index is 15.0. The molecule has 0 aliphatic heterocycles. The summed E-state index contributed by atoms with van der Waals surface area (Å²) in [5, 5.41) is 0. The number of carbonyl (C=O) groups is 2. The lowest BCUT2D eigenvalue weighted by atomic mass is 9.83. The van der Waals surface area contributed by atoms with Crippen molar-refractivity contribution in [2.24, 2.45) is 23.7 Å². The van der Waals surface area contributed by atoms with E-state index < -0.39 is 35.1 Å². The summed E-state index contributed by atoms with van der Waals surface area (Å²) in [6.07, 6.45) is 37.2. The van der Waals surface area contributed by atoms with Gasteiger partial charge in [-0.2, -0.15) is 0 Å². The summed E-state index contributed by atoms with van der Waals surface area (Å²) in [7, 11) is 0. The number of benzene rings is 6. The molecule has 0 N–H and O–H groups in total. The van der Waals surface area contributed by atoms with Crippen molar-refractivity contribution in [1.29, 1.82) is 0 Å². The predicted octanol–water partition coefficient (Wildman–Crippen LogP) is 23.4. The lowest BCUT2D eigenvalue weighted by Gasteiger charge is -2.25. The van der Waals surface area contributed by atoms with E-state index in [-0.39, 0.29) is 46.8 Å². The predicted molar refractivity (Wildman–Crippen MR) is 423 cm³/mol. The molecule has 570 valence electrons. The van der Waals surface area contributed by atoms with E-state index in [0.29, 0.717) is 61.9 Å². The average Bonchev–Trinajstić information content (AvgIpc) is 1.62. The molecule has 4 atom stereocenters. The van der Waals surface area contributed by atoms with Crippen LogP contribution in [0.3, 0.4) is 0 Å². The van der Waals surface area contributed by atoms with Crippen molar-refractivity contribution >= 4 is 11.9 Å². The molecule has 8 nitrogen and oxygen atoms in total. The Morgan fingerprint density at radius 1 is 0.308 bits per heavy atom. The molecule has 6 aromatic rings. The third-order valence-electron chi connectivity index (χ3n) is 20.0. The number of unbranched alkanes of at least 4 members (excludes halogenated alkanes) is 24. The van der Waals surface area contributed by atoms with Crippen LogP contribution in [-0.2, 0) is 31.9 Å². The fourth-order valence-corrected chi connectivity index (χ4v) is 13.8. The van der Waals surface area contributed by atoms with Crippen LogP contribution in [0.15, 0.2) is 121 Å². The van der Waals surface area contributed by atoms with Crippen LogP contribution in [0.4, 0.5) is 17.6 Å². The highest BCUT2D eigenvalue weighted by Gasteiger charge is 2.53. The molecule has 0 spiro atoms. The Kier molecular flexibility index (Phi) is 37.9. The molecule has 1 fully saturated rings. The van der Waals surface area contributed by atoms with Gasteiger partial charge < -0.3 is 28.4 Å². The Morgan fingerprint density at radius 2 is 0.561 bits per heavy atom. The van der Waals surface area contributed by atoms with Crippen molar-refractivity contribution in [2.75, 3.05) is 39.6 Å². The van der Waals surface area contributed by atoms with Crippen molar-refractivity contribution in [1.82, 2.24) is 0 Å². The molecule has 2 unspecified atom stereocenters. The maximum Gasteiger partial charge on any atom is 0.310 e. The van der Waals surface area contributed by atoms with Crippen molar-refractivity contribution in [3.63, 3.8) is 0 Å². The van der Waals surface area contributed by atoms with E-state index in [1.165, 1.54) is 24.3 Å². The molecule has 12 heteroatoms. The van der Waals surface area contributed by atoms with Crippen LogP contribution in [0.1, 0.15) is 282 Å². The number of fused-ring (bicyclic) bond motifs is 2. The van der Waals surface area contributed by atoms with Crippen LogP contribution in [0, 0.1) is 94.3 Å². The average molecular weight is 1460 g/mol. The van der Waals surface area contributed by atoms with E-state index >= 15 is 8.78 Å². The summed E-state index contributed by atoms with van der Waals surface area (Å²) in [5.74, 6) is 23.4. The third kappa shape index (κ3) is 29.7. The minimum absolute atomic E-state index is 0.00999. The summed E-state index contributed by atoms with van der Waals surface area (Å²) in [6.45, 7) is 11.1. The van der Waals surface area contributed by atoms with E-state index in [1.807, 2.05) is 24.3 Å². The molecule has 2 bridgehead atoms. The number of esters is 2. The quantitative estimate of drug-likeness (QED) is 0.0123. The highest BCUT2D eigenvalue weighted by Crippen LogP contribution is 2.49. The van der Waals surface area contributed by atoms with Gasteiger partial charge in [-0.25, -0.2) is 17.6 Å². The fraction of sp³-hybridized carbons (Fsp3) is 0.495. The number of ether oxygens (including phenoxy) is 6. The second-order valence-electron chi connectivity index (χ2n) is 28.7. The molecule has 0 saturated heterocycles. The van der Waals surface area contributed by atoms with E-state index in [0.717, 1.165) is 245 Å². The molecule has 2 aliphatic rings. The maximum atomic E-state index is 15.0. The van der Waals surface area contributed by atoms with Crippen LogP contribution in [0.25, 0.3) is 0 Å². The van der Waals surface area contributed by atoms with Crippen LogP contribution >= 0.6 is 0 Å². The topological polar surface area (TPSA) is 89.5 Å². The largest absolute Gasteiger partial charge is 0.491 e. The summed E-state index contributed by atoms with van der Waals surface area (Å²) < 4.78 is 94.2. The molecule has 0 radical (unpaired) electrons. The van der Waals surface area contributed by atoms with Gasteiger partial charge in [0, 0.05) is 44.5 Å². The van der Waals surface area contributed by atoms with Gasteiger partial charge in [0.2, 0.25) is 0 Å². The Labute approximate surface area is 637 Å². The molecule has 1 saturated carbocycles. The normalized spacial score (nSPS) is 14.5. The molecule has 0 amide bonds. The highest BCUT2D eigenvalue weighted by atomic mass is 19.1. The third-order valence-corrected chi connectivity index (χ3v) is 20.0. The van der Waals surface area contributed by atoms with Crippen LogP contribution in [0.5, 0.6) is 23.0 Å². The van der Waals surface area contributed by atoms with Crippen LogP contribution < -0.4 is 18.9 Å². The van der Waals surface area contributed by atoms with Gasteiger partial charge in [0.25, 0.3) is 0 Å². The van der Waals surface area contributed by atoms with Crippen molar-refractivity contribution in [2.45, 2.75) is 240 Å². The molecule has 0 heterocycles. The lowest BCUT2D eigenvalue weighted by Crippen LogP contribution is -2.35. The second kappa shape index (κ2) is 48.5. The first kappa shape index (κ1) is 83.8. The number of hydrogen-bond donors (Lipinski definition) is 0. The number of carbonyl (C=O) groups excluding carboxylic acids is 2. The Balaban J connectivity index is 0.698. The first-order chi connectivity index (χ1) is 52.4. The van der Waals surface area contributed by atoms with Crippen LogP contribution in [0.2, 0.25) is 0 Å². The molecule has 107 heavy (non-hydrogen) atoms. The Bertz CT molecular complexity index is 3780. The van der Waals surface area contributed by atoms with E-state index in [4.69, 9.17) is 28.4 Å². The van der Waals surface area contributed by atoms with E-state index in [1.54, 1.807) is 48.5 Å². The number of aryl methyl sites for hydroxylation is 2. The summed E-state index contributed by atoms with van der Waals surface area (Å²) >= 11 is 0. The van der Waals surface area contributed by atoms with Crippen molar-refractivity contribution < 1.29 is 55.6 Å². The molecule has 2 aliphatic carbocycles. The molecule has 8 rings (SSSR count). The van der Waals surface area contributed by atoms with Gasteiger partial charge in [0.1, 0.15) is 0 Å². The second-order valence-corrected chi connectivity index (χ2v) is 28.7. The monoisotopic (exact) mass is 1460 g/mol. The lowest BCUT2D eigenvalue weighted by molar-refractivity contribution is -0.161. The standard InChI is InChI=1S/C95H114F4O8/c1-5-9-29-59-102-88-55-45-74(67-84(88)96)39-37-72-41-49-78(51-43-76-47-57-90(86(98)69-76)104-61-31-11-7-3)80(65-72)35-27-23-19-15-13-17-21-25-33-63-106-94(100)92-82-53-54-83(71-82)93(92)95(101)107-64-34-26-22-18-14-16-20-24-28-36-81-66-73(38-40-75-46-56-89(85(97)68-75)103-60-30-10-6-2)42-50-79(81)52-44-77-48-58-91(87(99)70-77)105-62-32-12-8-4/h41-42,45-50,53-58,65-70,82-83,92-93H,5-36,59-64,71H2,1-4H3/t82?,83?,92-,93-/m1/s1.